The van der Waals surface area contributed by atoms with Gasteiger partial charge in [0.1, 0.15) is 23.7 Å². The van der Waals surface area contributed by atoms with Gasteiger partial charge in [0, 0.05) is 32.3 Å². The average Bonchev–Trinajstić information content (AvgIpc) is 3.59. The molecule has 1 fully saturated rings. The Kier molecular flexibility index (Phi) is 8.92. The topological polar surface area (TPSA) is 152 Å². The van der Waals surface area contributed by atoms with Crippen LogP contribution in [0.15, 0.2) is 36.4 Å². The van der Waals surface area contributed by atoms with E-state index >= 15 is 0 Å². The van der Waals surface area contributed by atoms with Gasteiger partial charge in [-0.3, -0.25) is 14.9 Å². The summed E-state index contributed by atoms with van der Waals surface area (Å²) in [6.45, 7) is 5.45. The van der Waals surface area contributed by atoms with Gasteiger partial charge < -0.3 is 19.1 Å². The highest BCUT2D eigenvalue weighted by atomic mass is 16.7. The second-order valence-corrected chi connectivity index (χ2v) is 9.45. The van der Waals surface area contributed by atoms with Crippen molar-refractivity contribution >= 4 is 23.5 Å². The molecule has 2 atom stereocenters. The van der Waals surface area contributed by atoms with Crippen LogP contribution in [0, 0.1) is 22.0 Å². The molecular weight excluding hydrogens is 520 g/mol. The van der Waals surface area contributed by atoms with E-state index in [1.165, 1.54) is 36.1 Å². The minimum Gasteiger partial charge on any atom is -0.469 e. The van der Waals surface area contributed by atoms with E-state index in [2.05, 4.69) is 15.2 Å². The maximum Gasteiger partial charge on any atom is 0.514 e. The van der Waals surface area contributed by atoms with Gasteiger partial charge in [0.25, 0.3) is 5.69 Å². The predicted octanol–water partition coefficient (Wildman–Crippen LogP) is 4.09. The lowest BCUT2D eigenvalue weighted by Crippen LogP contribution is -2.28. The number of aryl methyl sites for hydroxylation is 2. The summed E-state index contributed by atoms with van der Waals surface area (Å²) in [6.07, 6.45) is 1.35. The number of benzene rings is 1. The molecule has 2 unspecified atom stereocenters. The number of pyridine rings is 1. The number of carbonyl (C=O) groups is 2. The van der Waals surface area contributed by atoms with Crippen molar-refractivity contribution in [3.63, 3.8) is 0 Å². The summed E-state index contributed by atoms with van der Waals surface area (Å²) in [5, 5.41) is 19.1. The summed E-state index contributed by atoms with van der Waals surface area (Å²) in [5.41, 5.74) is 3.37. The molecule has 13 heteroatoms. The zero-order valence-corrected chi connectivity index (χ0v) is 22.9. The van der Waals surface area contributed by atoms with E-state index in [0.717, 1.165) is 37.3 Å². The number of hydrogen-bond donors (Lipinski definition) is 0. The first-order chi connectivity index (χ1) is 19.2. The Morgan fingerprint density at radius 2 is 1.93 bits per heavy atom. The van der Waals surface area contributed by atoms with Crippen LogP contribution in [0.1, 0.15) is 38.1 Å². The molecule has 0 aliphatic carbocycles. The Morgan fingerprint density at radius 1 is 1.18 bits per heavy atom. The van der Waals surface area contributed by atoms with Crippen LogP contribution in [-0.4, -0.2) is 57.2 Å². The lowest BCUT2D eigenvalue weighted by atomic mass is 9.89. The molecule has 212 valence electrons. The molecule has 1 saturated heterocycles. The van der Waals surface area contributed by atoms with Crippen LogP contribution in [-0.2, 0) is 34.3 Å². The second-order valence-electron chi connectivity index (χ2n) is 9.45. The lowest BCUT2D eigenvalue weighted by Gasteiger charge is -2.24. The Morgan fingerprint density at radius 3 is 2.58 bits per heavy atom. The van der Waals surface area contributed by atoms with E-state index < -0.39 is 11.1 Å². The Balaban J connectivity index is 1.45. The second kappa shape index (κ2) is 12.5. The molecule has 1 aliphatic rings. The zero-order chi connectivity index (χ0) is 28.8. The van der Waals surface area contributed by atoms with E-state index in [1.54, 1.807) is 7.05 Å². The fourth-order valence-electron chi connectivity index (χ4n) is 4.98. The van der Waals surface area contributed by atoms with Crippen LogP contribution < -0.4 is 9.64 Å². The van der Waals surface area contributed by atoms with Crippen molar-refractivity contribution < 1.29 is 28.7 Å². The van der Waals surface area contributed by atoms with Crippen molar-refractivity contribution in [2.75, 3.05) is 25.1 Å². The quantitative estimate of drug-likeness (QED) is 0.155. The number of anilines is 1. The highest BCUT2D eigenvalue weighted by molar-refractivity contribution is 5.73. The molecule has 0 spiro atoms. The summed E-state index contributed by atoms with van der Waals surface area (Å²) in [4.78, 5) is 41.9. The van der Waals surface area contributed by atoms with Crippen molar-refractivity contribution in [2.24, 2.45) is 18.9 Å². The number of aromatic nitrogens is 4. The Hall–Kier alpha value is -4.55. The number of esters is 1. The van der Waals surface area contributed by atoms with Crippen LogP contribution in [0.2, 0.25) is 0 Å². The van der Waals surface area contributed by atoms with Crippen LogP contribution in [0.25, 0.3) is 11.4 Å². The van der Waals surface area contributed by atoms with Crippen LogP contribution in [0.4, 0.5) is 16.2 Å². The monoisotopic (exact) mass is 552 g/mol. The normalized spacial score (nSPS) is 15.5. The molecule has 4 rings (SSSR count). The van der Waals surface area contributed by atoms with Crippen molar-refractivity contribution in [2.45, 2.75) is 39.7 Å². The van der Waals surface area contributed by atoms with Crippen molar-refractivity contribution in [3.8, 4) is 17.1 Å². The van der Waals surface area contributed by atoms with Gasteiger partial charge in [-0.05, 0) is 49.4 Å². The molecule has 13 nitrogen and oxygen atoms in total. The minimum atomic E-state index is -0.973. The summed E-state index contributed by atoms with van der Waals surface area (Å²) in [6, 6.07) is 8.96. The number of nitrogens with zero attached hydrogens (tertiary/aromatic N) is 6. The largest absolute Gasteiger partial charge is 0.514 e. The van der Waals surface area contributed by atoms with Crippen molar-refractivity contribution in [1.29, 1.82) is 0 Å². The van der Waals surface area contributed by atoms with E-state index in [9.17, 15) is 19.7 Å². The summed E-state index contributed by atoms with van der Waals surface area (Å²) >= 11 is 0. The van der Waals surface area contributed by atoms with E-state index in [1.807, 2.05) is 26.0 Å². The molecule has 2 aromatic heterocycles. The molecule has 3 heterocycles. The molecule has 1 aromatic carbocycles. The zero-order valence-electron chi connectivity index (χ0n) is 22.9. The Bertz CT molecular complexity index is 1370. The third-order valence-corrected chi connectivity index (χ3v) is 7.12. The van der Waals surface area contributed by atoms with Crippen molar-refractivity contribution in [3.05, 3.63) is 57.9 Å². The number of hydrogen-bond acceptors (Lipinski definition) is 11. The van der Waals surface area contributed by atoms with Crippen LogP contribution in [0.5, 0.6) is 5.75 Å². The highest BCUT2D eigenvalue weighted by Gasteiger charge is 2.34. The molecule has 1 aliphatic heterocycles. The van der Waals surface area contributed by atoms with E-state index in [4.69, 9.17) is 19.2 Å². The minimum absolute atomic E-state index is 0.116. The maximum atomic E-state index is 12.3. The third kappa shape index (κ3) is 6.19. The summed E-state index contributed by atoms with van der Waals surface area (Å²) < 4.78 is 16.9. The van der Waals surface area contributed by atoms with Gasteiger partial charge in [-0.2, -0.15) is 0 Å². The summed E-state index contributed by atoms with van der Waals surface area (Å²) in [7, 11) is 3.12. The highest BCUT2D eigenvalue weighted by Crippen LogP contribution is 2.33. The molecule has 0 radical (unpaired) electrons. The fraction of sp³-hybridized carbons (Fsp3) is 0.444. The average molecular weight is 553 g/mol. The molecule has 0 saturated carbocycles. The molecular formula is C27H32N6O7. The number of methoxy groups -OCH3 is 1. The smallest absolute Gasteiger partial charge is 0.469 e. The summed E-state index contributed by atoms with van der Waals surface area (Å²) in [5.74, 6) is 0.0512. The SMILES string of the molecule is CCc1nc(-c2nnn(C)c2COC(=O)Oc2ccc([N+](=O)[O-])cc2)ccc1N1CCC(C(CC)C(=O)OC)C1. The van der Waals surface area contributed by atoms with Crippen LogP contribution in [0.3, 0.4) is 0 Å². The van der Waals surface area contributed by atoms with Gasteiger partial charge in [0.15, 0.2) is 0 Å². The van der Waals surface area contributed by atoms with Gasteiger partial charge >= 0.3 is 12.1 Å². The molecule has 0 bridgehead atoms. The molecule has 0 N–H and O–H groups in total. The standard InChI is InChI=1S/C27H32N6O7/c1-5-20(26(34)38-4)17-13-14-32(15-17)23-12-11-22(28-21(23)6-2)25-24(31(3)30-29-25)16-39-27(35)40-19-9-7-18(8-10-19)33(36)37/h7-12,17,20H,5-6,13-16H2,1-4H3. The maximum absolute atomic E-state index is 12.3. The van der Waals surface area contributed by atoms with Crippen LogP contribution >= 0.6 is 0 Å². The molecule has 0 amide bonds. The van der Waals surface area contributed by atoms with E-state index in [0.29, 0.717) is 23.5 Å². The fourth-order valence-corrected chi connectivity index (χ4v) is 4.98. The lowest BCUT2D eigenvalue weighted by molar-refractivity contribution is -0.384. The van der Waals surface area contributed by atoms with Gasteiger partial charge in [-0.1, -0.05) is 19.1 Å². The first-order valence-electron chi connectivity index (χ1n) is 13.1. The number of nitro benzene ring substituents is 1. The number of rotatable bonds is 10. The van der Waals surface area contributed by atoms with Gasteiger partial charge in [0.2, 0.25) is 0 Å². The van der Waals surface area contributed by atoms with Gasteiger partial charge in [0.05, 0.1) is 35.0 Å². The third-order valence-electron chi connectivity index (χ3n) is 7.12. The van der Waals surface area contributed by atoms with Crippen molar-refractivity contribution in [1.82, 2.24) is 20.0 Å². The Labute approximate surface area is 231 Å². The molecule has 40 heavy (non-hydrogen) atoms. The number of ether oxygens (including phenoxy) is 3. The number of carbonyl (C=O) groups excluding carboxylic acids is 2. The number of non-ortho nitro benzene ring substituents is 1. The van der Waals surface area contributed by atoms with E-state index in [-0.39, 0.29) is 35.8 Å². The first-order valence-corrected chi connectivity index (χ1v) is 13.1. The molecule has 3 aromatic rings. The first kappa shape index (κ1) is 28.5. The number of nitro groups is 1. The van der Waals surface area contributed by atoms with Gasteiger partial charge in [-0.15, -0.1) is 5.10 Å². The predicted molar refractivity (Wildman–Crippen MR) is 144 cm³/mol. The van der Waals surface area contributed by atoms with Gasteiger partial charge in [-0.25, -0.2) is 14.5 Å².